The van der Waals surface area contributed by atoms with Gasteiger partial charge < -0.3 is 28.4 Å². The summed E-state index contributed by atoms with van der Waals surface area (Å²) in [6, 6.07) is 47.8. The van der Waals surface area contributed by atoms with Gasteiger partial charge in [-0.3, -0.25) is 0 Å². The third kappa shape index (κ3) is 5.92. The molecule has 0 radical (unpaired) electrons. The van der Waals surface area contributed by atoms with E-state index in [0.29, 0.717) is 17.9 Å². The molecule has 0 N–H and O–H groups in total. The smallest absolute Gasteiger partial charge is 0.338 e. The Hall–Kier alpha value is -7.77. The van der Waals surface area contributed by atoms with E-state index in [1.165, 1.54) is 33.4 Å². The highest BCUT2D eigenvalue weighted by atomic mass is 16.6. The molecule has 0 bridgehead atoms. The summed E-state index contributed by atoms with van der Waals surface area (Å²) >= 11 is 0. The molecule has 324 valence electrons. The fourth-order valence-electron chi connectivity index (χ4n) is 11.0. The molecule has 0 aromatic heterocycles. The van der Waals surface area contributed by atoms with Gasteiger partial charge in [0.05, 0.1) is 19.8 Å². The van der Waals surface area contributed by atoms with Crippen molar-refractivity contribution in [3.8, 4) is 51.0 Å². The van der Waals surface area contributed by atoms with E-state index in [0.717, 1.165) is 84.3 Å². The van der Waals surface area contributed by atoms with Crippen molar-refractivity contribution in [3.63, 3.8) is 0 Å². The van der Waals surface area contributed by atoms with Gasteiger partial charge in [0.1, 0.15) is 48.6 Å². The second-order valence-corrected chi connectivity index (χ2v) is 17.9. The Morgan fingerprint density at radius 2 is 1.33 bits per heavy atom. The van der Waals surface area contributed by atoms with Gasteiger partial charge in [-0.15, -0.1) is 0 Å². The van der Waals surface area contributed by atoms with Crippen LogP contribution in [0.15, 0.2) is 152 Å². The molecule has 0 fully saturated rings. The van der Waals surface area contributed by atoms with Gasteiger partial charge in [0, 0.05) is 38.4 Å². The van der Waals surface area contributed by atoms with E-state index in [4.69, 9.17) is 28.4 Å². The maximum Gasteiger partial charge on any atom is 0.338 e. The van der Waals surface area contributed by atoms with Crippen molar-refractivity contribution in [2.75, 3.05) is 34.0 Å². The second-order valence-electron chi connectivity index (χ2n) is 17.9. The quantitative estimate of drug-likeness (QED) is 0.106. The molecule has 1 unspecified atom stereocenters. The predicted molar refractivity (Wildman–Crippen MR) is 260 cm³/mol. The third-order valence-corrected chi connectivity index (χ3v) is 14.0. The van der Waals surface area contributed by atoms with Gasteiger partial charge in [-0.2, -0.15) is 0 Å². The number of carbonyl (C=O) groups is 1. The molecule has 0 saturated carbocycles. The molecule has 8 aromatic carbocycles. The Kier molecular flexibility index (Phi) is 9.14. The van der Waals surface area contributed by atoms with Crippen molar-refractivity contribution in [3.05, 3.63) is 196 Å². The van der Waals surface area contributed by atoms with Crippen LogP contribution in [0.4, 0.5) is 0 Å². The predicted octanol–water partition coefficient (Wildman–Crippen LogP) is 12.6. The highest BCUT2D eigenvalue weighted by Crippen LogP contribution is 2.59. The number of methoxy groups -OCH3 is 2. The molecule has 7 heteroatoms. The summed E-state index contributed by atoms with van der Waals surface area (Å²) < 4.78 is 37.5. The maximum atomic E-state index is 13.9. The number of fused-ring (bicyclic) bond motifs is 16. The summed E-state index contributed by atoms with van der Waals surface area (Å²) in [7, 11) is 3.41. The summed E-state index contributed by atoms with van der Waals surface area (Å²) in [5, 5.41) is 4.20. The number of hydrogen-bond donors (Lipinski definition) is 0. The number of rotatable bonds is 9. The summed E-state index contributed by atoms with van der Waals surface area (Å²) in [5.74, 6) is 3.39. The molecule has 12 rings (SSSR count). The van der Waals surface area contributed by atoms with Crippen LogP contribution in [-0.4, -0.2) is 40.0 Å². The van der Waals surface area contributed by atoms with E-state index in [1.54, 1.807) is 14.2 Å². The van der Waals surface area contributed by atoms with Crippen molar-refractivity contribution in [2.24, 2.45) is 0 Å². The van der Waals surface area contributed by atoms with E-state index in [2.05, 4.69) is 117 Å². The van der Waals surface area contributed by atoms with Crippen LogP contribution < -0.4 is 23.7 Å². The first-order valence-electron chi connectivity index (χ1n) is 22.5. The summed E-state index contributed by atoms with van der Waals surface area (Å²) in [4.78, 5) is 13.9. The van der Waals surface area contributed by atoms with Gasteiger partial charge in [0.25, 0.3) is 0 Å². The first-order valence-corrected chi connectivity index (χ1v) is 22.5. The van der Waals surface area contributed by atoms with Gasteiger partial charge in [-0.05, 0) is 116 Å². The molecule has 2 aliphatic heterocycles. The Bertz CT molecular complexity index is 3380. The molecule has 2 heterocycles. The Morgan fingerprint density at radius 3 is 2.15 bits per heavy atom. The molecule has 66 heavy (non-hydrogen) atoms. The molecule has 2 aliphatic carbocycles. The van der Waals surface area contributed by atoms with Crippen molar-refractivity contribution >= 4 is 39.2 Å². The Labute approximate surface area is 383 Å². The number of carbonyl (C=O) groups excluding carboxylic acids is 1. The normalized spacial score (nSPS) is 16.7. The van der Waals surface area contributed by atoms with E-state index < -0.39 is 5.60 Å². The van der Waals surface area contributed by atoms with Gasteiger partial charge in [-0.1, -0.05) is 117 Å². The fraction of sp³-hybridized carbons (Fsp3) is 0.169. The molecule has 0 spiro atoms. The van der Waals surface area contributed by atoms with Crippen molar-refractivity contribution in [1.29, 1.82) is 0 Å². The Balaban J connectivity index is 0.830. The number of ether oxygens (including phenoxy) is 6. The van der Waals surface area contributed by atoms with Crippen molar-refractivity contribution in [2.45, 2.75) is 31.3 Å². The van der Waals surface area contributed by atoms with Gasteiger partial charge in [0.15, 0.2) is 5.60 Å². The van der Waals surface area contributed by atoms with Crippen LogP contribution in [0.5, 0.6) is 28.7 Å². The Morgan fingerprint density at radius 1 is 0.636 bits per heavy atom. The van der Waals surface area contributed by atoms with Crippen LogP contribution in [0, 0.1) is 0 Å². The largest absolute Gasteiger partial charge is 0.497 e. The molecule has 0 amide bonds. The second kappa shape index (κ2) is 15.2. The van der Waals surface area contributed by atoms with Gasteiger partial charge in [0.2, 0.25) is 0 Å². The molecular weight excluding hydrogens is 821 g/mol. The zero-order chi connectivity index (χ0) is 44.7. The average molecular weight is 867 g/mol. The molecule has 4 aliphatic rings. The van der Waals surface area contributed by atoms with E-state index >= 15 is 0 Å². The molecule has 8 aromatic rings. The van der Waals surface area contributed by atoms with Gasteiger partial charge in [-0.25, -0.2) is 4.79 Å². The summed E-state index contributed by atoms with van der Waals surface area (Å²) in [6.45, 7) is 5.12. The fourth-order valence-corrected chi connectivity index (χ4v) is 11.0. The minimum absolute atomic E-state index is 0.0779. The SMILES string of the molecule is COc1ccc2c(c1)C(C)(C)c1c3c(c4cc(OC)ccc4c1-2)OC(c1ccccc1)(c1ccc(OCCOC(=O)C2=CCOc4c2c2c(c5ccccc45)-c4ccccc4C2)cc1)C=C3. The van der Waals surface area contributed by atoms with E-state index in [9.17, 15) is 4.79 Å². The first kappa shape index (κ1) is 39.8. The van der Waals surface area contributed by atoms with Crippen LogP contribution in [0.3, 0.4) is 0 Å². The standard InChI is InChI=1S/C59H46O7/c1-58(2)50-34-40(62-4)23-25-45(50)52-43-24-22-39(61-3)33-48(43)55-47(54(52)58)26-28-59(66-55,36-13-6-5-7-14-36)37-18-20-38(21-19-37)63-30-31-65-57(60)46-27-29-64-56-44-17-11-10-16-42(44)51-41-15-9-8-12-35(41)32-49(51)53(46)56/h5-28,33-34H,29-32H2,1-4H3. The molecule has 1 atom stereocenters. The number of esters is 1. The van der Waals surface area contributed by atoms with E-state index in [1.807, 2.05) is 54.6 Å². The lowest BCUT2D eigenvalue weighted by molar-refractivity contribution is -0.137. The monoisotopic (exact) mass is 866 g/mol. The average Bonchev–Trinajstić information content (AvgIpc) is 3.87. The number of hydrogen-bond acceptors (Lipinski definition) is 7. The van der Waals surface area contributed by atoms with Crippen molar-refractivity contribution in [1.82, 2.24) is 0 Å². The minimum Gasteiger partial charge on any atom is -0.497 e. The highest BCUT2D eigenvalue weighted by Gasteiger charge is 2.44. The van der Waals surface area contributed by atoms with E-state index in [-0.39, 0.29) is 24.6 Å². The molecular formula is C59H46O7. The molecule has 0 saturated heterocycles. The van der Waals surface area contributed by atoms with Crippen LogP contribution in [0.1, 0.15) is 58.4 Å². The lowest BCUT2D eigenvalue weighted by atomic mass is 9.76. The summed E-state index contributed by atoms with van der Waals surface area (Å²) in [6.07, 6.45) is 7.00. The lowest BCUT2D eigenvalue weighted by Crippen LogP contribution is -2.35. The van der Waals surface area contributed by atoms with Crippen LogP contribution in [-0.2, 0) is 27.0 Å². The highest BCUT2D eigenvalue weighted by molar-refractivity contribution is 6.22. The van der Waals surface area contributed by atoms with Crippen LogP contribution >= 0.6 is 0 Å². The minimum atomic E-state index is -0.966. The maximum absolute atomic E-state index is 13.9. The van der Waals surface area contributed by atoms with Gasteiger partial charge >= 0.3 is 5.97 Å². The van der Waals surface area contributed by atoms with Crippen LogP contribution in [0.2, 0.25) is 0 Å². The van der Waals surface area contributed by atoms with Crippen LogP contribution in [0.25, 0.3) is 55.4 Å². The topological polar surface area (TPSA) is 72.5 Å². The zero-order valence-corrected chi connectivity index (χ0v) is 37.2. The molecule has 7 nitrogen and oxygen atoms in total. The van der Waals surface area contributed by atoms with Crippen molar-refractivity contribution < 1.29 is 33.2 Å². The lowest BCUT2D eigenvalue weighted by Gasteiger charge is -2.38. The summed E-state index contributed by atoms with van der Waals surface area (Å²) in [5.41, 5.74) is 12.6. The number of benzene rings is 8. The third-order valence-electron chi connectivity index (χ3n) is 14.0. The first-order chi connectivity index (χ1) is 32.3. The zero-order valence-electron chi connectivity index (χ0n) is 37.2.